The molecule has 0 bridgehead atoms. The van der Waals surface area contributed by atoms with Crippen LogP contribution < -0.4 is 9.47 Å². The fourth-order valence-corrected chi connectivity index (χ4v) is 4.50. The van der Waals surface area contributed by atoms with Gasteiger partial charge in [0.25, 0.3) is 5.91 Å². The molecule has 1 fully saturated rings. The predicted molar refractivity (Wildman–Crippen MR) is 126 cm³/mol. The lowest BCUT2D eigenvalue weighted by atomic mass is 10.2. The third-order valence-electron chi connectivity index (χ3n) is 4.16. The number of benzene rings is 2. The summed E-state index contributed by atoms with van der Waals surface area (Å²) in [5.74, 6) is 0.0563. The van der Waals surface area contributed by atoms with E-state index in [1.54, 1.807) is 32.4 Å². The Bertz CT molecular complexity index is 1070. The van der Waals surface area contributed by atoms with E-state index in [9.17, 15) is 9.59 Å². The van der Waals surface area contributed by atoms with Crippen molar-refractivity contribution in [2.24, 2.45) is 4.99 Å². The molecule has 1 saturated heterocycles. The maximum absolute atomic E-state index is 12.7. The number of carboxylic acid groups (broad SMARTS) is 1. The molecule has 0 aromatic heterocycles. The Labute approximate surface area is 191 Å². The van der Waals surface area contributed by atoms with Crippen LogP contribution in [0.4, 0.5) is 5.69 Å². The van der Waals surface area contributed by atoms with Crippen molar-refractivity contribution in [3.8, 4) is 11.5 Å². The van der Waals surface area contributed by atoms with E-state index in [4.69, 9.17) is 14.6 Å². The molecule has 30 heavy (non-hydrogen) atoms. The lowest BCUT2D eigenvalue weighted by Gasteiger charge is -2.12. The Hall–Kier alpha value is -2.53. The number of ether oxygens (including phenoxy) is 2. The summed E-state index contributed by atoms with van der Waals surface area (Å²) in [6.45, 7) is 2.43. The van der Waals surface area contributed by atoms with Gasteiger partial charge in [0.05, 0.1) is 33.4 Å². The number of amidine groups is 1. The van der Waals surface area contributed by atoms with Crippen molar-refractivity contribution in [3.05, 3.63) is 56.0 Å². The number of aliphatic imine (C=N–C) groups is 1. The highest BCUT2D eigenvalue weighted by atomic mass is 127. The zero-order valence-corrected chi connectivity index (χ0v) is 19.5. The Morgan fingerprint density at radius 2 is 2.10 bits per heavy atom. The van der Waals surface area contributed by atoms with Gasteiger partial charge in [-0.05, 0) is 83.2 Å². The first kappa shape index (κ1) is 22.2. The second-order valence-electron chi connectivity index (χ2n) is 6.19. The van der Waals surface area contributed by atoms with Gasteiger partial charge in [-0.1, -0.05) is 6.07 Å². The molecule has 1 heterocycles. The zero-order valence-electron chi connectivity index (χ0n) is 16.5. The number of carbonyl (C=O) groups is 2. The SMILES string of the molecule is CCOc1c(I)cc(/C=C2\SC(=Nc3cccc(C(=O)O)c3)N(C)C2=O)cc1OC. The van der Waals surface area contributed by atoms with Crippen LogP contribution in [0.5, 0.6) is 11.5 Å². The summed E-state index contributed by atoms with van der Waals surface area (Å²) in [6, 6.07) is 10.0. The molecular formula is C21H19IN2O5S. The van der Waals surface area contributed by atoms with Crippen molar-refractivity contribution >= 4 is 63.2 Å². The van der Waals surface area contributed by atoms with E-state index in [0.29, 0.717) is 33.9 Å². The van der Waals surface area contributed by atoms with E-state index in [-0.39, 0.29) is 11.5 Å². The minimum atomic E-state index is -1.03. The summed E-state index contributed by atoms with van der Waals surface area (Å²) in [5, 5.41) is 9.62. The van der Waals surface area contributed by atoms with E-state index in [1.165, 1.54) is 28.8 Å². The maximum atomic E-state index is 12.7. The molecule has 1 N–H and O–H groups in total. The molecule has 0 unspecified atom stereocenters. The van der Waals surface area contributed by atoms with Crippen LogP contribution in [-0.2, 0) is 4.79 Å². The molecule has 7 nitrogen and oxygen atoms in total. The first-order chi connectivity index (χ1) is 14.3. The second kappa shape index (κ2) is 9.52. The summed E-state index contributed by atoms with van der Waals surface area (Å²) < 4.78 is 11.9. The van der Waals surface area contributed by atoms with Crippen LogP contribution in [0.25, 0.3) is 6.08 Å². The number of carboxylic acids is 1. The van der Waals surface area contributed by atoms with Crippen LogP contribution in [0.15, 0.2) is 46.3 Å². The Morgan fingerprint density at radius 1 is 1.33 bits per heavy atom. The third kappa shape index (κ3) is 4.78. The number of carbonyl (C=O) groups excluding carboxylic acids is 1. The van der Waals surface area contributed by atoms with E-state index in [1.807, 2.05) is 19.1 Å². The van der Waals surface area contributed by atoms with Crippen molar-refractivity contribution in [1.82, 2.24) is 4.90 Å². The number of amides is 1. The molecule has 1 aliphatic rings. The number of rotatable bonds is 6. The van der Waals surface area contributed by atoms with E-state index < -0.39 is 5.97 Å². The van der Waals surface area contributed by atoms with Crippen LogP contribution in [0.3, 0.4) is 0 Å². The average Bonchev–Trinajstić information content (AvgIpc) is 2.97. The standard InChI is InChI=1S/C21H19IN2O5S/c1-4-29-18-15(22)8-12(9-16(18)28-3)10-17-19(25)24(2)21(30-17)23-14-7-5-6-13(11-14)20(26)27/h5-11H,4H2,1-3H3,(H,26,27)/b17-10-,23-21?. The summed E-state index contributed by atoms with van der Waals surface area (Å²) >= 11 is 3.40. The maximum Gasteiger partial charge on any atom is 0.335 e. The van der Waals surface area contributed by atoms with Gasteiger partial charge in [0.1, 0.15) is 0 Å². The van der Waals surface area contributed by atoms with Gasteiger partial charge in [0.2, 0.25) is 0 Å². The smallest absolute Gasteiger partial charge is 0.335 e. The predicted octanol–water partition coefficient (Wildman–Crippen LogP) is 4.63. The van der Waals surface area contributed by atoms with Gasteiger partial charge in [-0.3, -0.25) is 9.69 Å². The Kier molecular flexibility index (Phi) is 7.03. The van der Waals surface area contributed by atoms with E-state index in [0.717, 1.165) is 9.13 Å². The van der Waals surface area contributed by atoms with Gasteiger partial charge in [-0.15, -0.1) is 0 Å². The van der Waals surface area contributed by atoms with E-state index in [2.05, 4.69) is 27.6 Å². The highest BCUT2D eigenvalue weighted by Crippen LogP contribution is 2.37. The Balaban J connectivity index is 1.93. The number of hydrogen-bond donors (Lipinski definition) is 1. The van der Waals surface area contributed by atoms with Crippen molar-refractivity contribution in [1.29, 1.82) is 0 Å². The van der Waals surface area contributed by atoms with Gasteiger partial charge < -0.3 is 14.6 Å². The fraction of sp³-hybridized carbons (Fsp3) is 0.190. The molecule has 9 heteroatoms. The lowest BCUT2D eigenvalue weighted by molar-refractivity contribution is -0.121. The number of hydrogen-bond acceptors (Lipinski definition) is 6. The first-order valence-electron chi connectivity index (χ1n) is 8.94. The quantitative estimate of drug-likeness (QED) is 0.427. The van der Waals surface area contributed by atoms with Gasteiger partial charge in [-0.25, -0.2) is 9.79 Å². The number of nitrogens with zero attached hydrogens (tertiary/aromatic N) is 2. The van der Waals surface area contributed by atoms with Crippen LogP contribution in [0.2, 0.25) is 0 Å². The molecular weight excluding hydrogens is 519 g/mol. The first-order valence-corrected chi connectivity index (χ1v) is 10.8. The fourth-order valence-electron chi connectivity index (χ4n) is 2.73. The molecule has 0 atom stereocenters. The average molecular weight is 538 g/mol. The molecule has 156 valence electrons. The third-order valence-corrected chi connectivity index (χ3v) is 6.02. The molecule has 0 spiro atoms. The summed E-state index contributed by atoms with van der Waals surface area (Å²) in [4.78, 5) is 30.3. The van der Waals surface area contributed by atoms with Crippen molar-refractivity contribution < 1.29 is 24.2 Å². The molecule has 3 rings (SSSR count). The highest BCUT2D eigenvalue weighted by Gasteiger charge is 2.30. The van der Waals surface area contributed by atoms with Gasteiger partial charge in [0, 0.05) is 7.05 Å². The molecule has 0 radical (unpaired) electrons. The van der Waals surface area contributed by atoms with Gasteiger partial charge in [-0.2, -0.15) is 0 Å². The largest absolute Gasteiger partial charge is 0.493 e. The van der Waals surface area contributed by atoms with Crippen molar-refractivity contribution in [2.45, 2.75) is 6.92 Å². The van der Waals surface area contributed by atoms with Gasteiger partial charge in [0.15, 0.2) is 16.7 Å². The van der Waals surface area contributed by atoms with Crippen LogP contribution in [-0.4, -0.2) is 47.8 Å². The second-order valence-corrected chi connectivity index (χ2v) is 8.36. The van der Waals surface area contributed by atoms with Crippen LogP contribution in [0.1, 0.15) is 22.8 Å². The normalized spacial score (nSPS) is 16.4. The number of likely N-dealkylation sites (N-methyl/N-ethyl adjacent to an activating group) is 1. The van der Waals surface area contributed by atoms with Crippen LogP contribution in [0, 0.1) is 3.57 Å². The molecule has 0 saturated carbocycles. The number of thioether (sulfide) groups is 1. The molecule has 0 aliphatic carbocycles. The van der Waals surface area contributed by atoms with Crippen LogP contribution >= 0.6 is 34.4 Å². The van der Waals surface area contributed by atoms with E-state index >= 15 is 0 Å². The summed E-state index contributed by atoms with van der Waals surface area (Å²) in [6.07, 6.45) is 1.78. The van der Waals surface area contributed by atoms with Crippen molar-refractivity contribution in [3.63, 3.8) is 0 Å². The molecule has 1 amide bonds. The lowest BCUT2D eigenvalue weighted by Crippen LogP contribution is -2.23. The van der Waals surface area contributed by atoms with Gasteiger partial charge >= 0.3 is 5.97 Å². The monoisotopic (exact) mass is 538 g/mol. The zero-order chi connectivity index (χ0) is 21.8. The summed E-state index contributed by atoms with van der Waals surface area (Å²) in [5.41, 5.74) is 1.41. The number of methoxy groups -OCH3 is 1. The number of aromatic carboxylic acids is 1. The molecule has 2 aromatic rings. The number of halogens is 1. The minimum absolute atomic E-state index is 0.139. The minimum Gasteiger partial charge on any atom is -0.493 e. The topological polar surface area (TPSA) is 88.4 Å². The molecule has 1 aliphatic heterocycles. The molecule has 2 aromatic carbocycles. The van der Waals surface area contributed by atoms with Crippen molar-refractivity contribution in [2.75, 3.05) is 20.8 Å². The summed E-state index contributed by atoms with van der Waals surface area (Å²) in [7, 11) is 3.21. The highest BCUT2D eigenvalue weighted by molar-refractivity contribution is 14.1. The Morgan fingerprint density at radius 3 is 2.77 bits per heavy atom.